The summed E-state index contributed by atoms with van der Waals surface area (Å²) >= 11 is 0. The van der Waals surface area contributed by atoms with Gasteiger partial charge in [0.1, 0.15) is 17.2 Å². The van der Waals surface area contributed by atoms with Crippen molar-refractivity contribution in [3.63, 3.8) is 0 Å². The summed E-state index contributed by atoms with van der Waals surface area (Å²) < 4.78 is 51.5. The Kier molecular flexibility index (Phi) is 5.47. The molecule has 4 rings (SSSR count). The summed E-state index contributed by atoms with van der Waals surface area (Å²) in [6.07, 6.45) is -3.93. The predicted molar refractivity (Wildman–Crippen MR) is 105 cm³/mol. The van der Waals surface area contributed by atoms with Gasteiger partial charge in [0.05, 0.1) is 12.8 Å². The van der Waals surface area contributed by atoms with E-state index in [-0.39, 0.29) is 29.8 Å². The van der Waals surface area contributed by atoms with Gasteiger partial charge in [0.2, 0.25) is 0 Å². The number of hydrogen-bond donors (Lipinski definition) is 0. The lowest BCUT2D eigenvalue weighted by atomic mass is 10.1. The molecular formula is C21H21F3N4O3. The van der Waals surface area contributed by atoms with Crippen LogP contribution in [0.1, 0.15) is 29.4 Å². The summed E-state index contributed by atoms with van der Waals surface area (Å²) in [7, 11) is 1.56. The second-order valence-electron chi connectivity index (χ2n) is 7.41. The average Bonchev–Trinajstić information content (AvgIpc) is 3.38. The Balaban J connectivity index is 1.43. The SMILES string of the molecule is COc1ccc(OCC(=O)N2CCC(c3cc4nc(C)cc(C(F)(F)F)n4n3)C2)cc1. The first kappa shape index (κ1) is 21.0. The van der Waals surface area contributed by atoms with E-state index in [1.165, 1.54) is 6.92 Å². The van der Waals surface area contributed by atoms with Crippen molar-refractivity contribution < 1.29 is 27.4 Å². The van der Waals surface area contributed by atoms with Gasteiger partial charge in [-0.15, -0.1) is 0 Å². The van der Waals surface area contributed by atoms with Crippen molar-refractivity contribution in [1.29, 1.82) is 0 Å². The maximum atomic E-state index is 13.4. The number of nitrogens with zero attached hydrogens (tertiary/aromatic N) is 4. The Bertz CT molecular complexity index is 1100. The highest BCUT2D eigenvalue weighted by molar-refractivity contribution is 5.78. The molecule has 1 amide bonds. The number of hydrogen-bond acceptors (Lipinski definition) is 5. The number of aryl methyl sites for hydroxylation is 1. The van der Waals surface area contributed by atoms with Crippen LogP contribution in [0.3, 0.4) is 0 Å². The summed E-state index contributed by atoms with van der Waals surface area (Å²) in [5, 5.41) is 4.16. The van der Waals surface area contributed by atoms with E-state index in [1.54, 1.807) is 42.3 Å². The summed E-state index contributed by atoms with van der Waals surface area (Å²) in [5.74, 6) is 0.887. The van der Waals surface area contributed by atoms with E-state index in [9.17, 15) is 18.0 Å². The van der Waals surface area contributed by atoms with Crippen molar-refractivity contribution in [2.45, 2.75) is 25.4 Å². The first-order valence-corrected chi connectivity index (χ1v) is 9.74. The van der Waals surface area contributed by atoms with Crippen LogP contribution in [-0.4, -0.2) is 52.2 Å². The summed E-state index contributed by atoms with van der Waals surface area (Å²) in [6.45, 7) is 2.25. The molecule has 10 heteroatoms. The highest BCUT2D eigenvalue weighted by Gasteiger charge is 2.36. The van der Waals surface area contributed by atoms with E-state index >= 15 is 0 Å². The molecule has 1 aliphatic rings. The maximum absolute atomic E-state index is 13.4. The van der Waals surface area contributed by atoms with Gasteiger partial charge in [0.25, 0.3) is 5.91 Å². The third kappa shape index (κ3) is 4.42. The first-order chi connectivity index (χ1) is 14.7. The van der Waals surface area contributed by atoms with Crippen molar-refractivity contribution in [2.75, 3.05) is 26.8 Å². The van der Waals surface area contributed by atoms with E-state index in [0.717, 1.165) is 10.6 Å². The molecule has 3 heterocycles. The van der Waals surface area contributed by atoms with Crippen LogP contribution in [0, 0.1) is 6.92 Å². The number of halogens is 3. The third-order valence-corrected chi connectivity index (χ3v) is 5.25. The Hall–Kier alpha value is -3.30. The maximum Gasteiger partial charge on any atom is 0.433 e. The zero-order chi connectivity index (χ0) is 22.2. The summed E-state index contributed by atoms with van der Waals surface area (Å²) in [6, 6.07) is 9.44. The molecule has 1 unspecified atom stereocenters. The van der Waals surface area contributed by atoms with Crippen LogP contribution in [0.2, 0.25) is 0 Å². The van der Waals surface area contributed by atoms with Crippen LogP contribution in [-0.2, 0) is 11.0 Å². The summed E-state index contributed by atoms with van der Waals surface area (Å²) in [4.78, 5) is 18.3. The topological polar surface area (TPSA) is 69.0 Å². The molecule has 1 atom stereocenters. The highest BCUT2D eigenvalue weighted by Crippen LogP contribution is 2.32. The Labute approximate surface area is 176 Å². The van der Waals surface area contributed by atoms with E-state index in [2.05, 4.69) is 10.1 Å². The van der Waals surface area contributed by atoms with Gasteiger partial charge < -0.3 is 14.4 Å². The molecule has 1 saturated heterocycles. The number of carbonyl (C=O) groups excluding carboxylic acids is 1. The first-order valence-electron chi connectivity index (χ1n) is 9.74. The average molecular weight is 434 g/mol. The lowest BCUT2D eigenvalue weighted by molar-refractivity contribution is -0.142. The smallest absolute Gasteiger partial charge is 0.433 e. The number of likely N-dealkylation sites (tertiary alicyclic amines) is 1. The van der Waals surface area contributed by atoms with Gasteiger partial charge in [0.15, 0.2) is 12.3 Å². The van der Waals surface area contributed by atoms with Crippen LogP contribution in [0.25, 0.3) is 5.65 Å². The van der Waals surface area contributed by atoms with Gasteiger partial charge in [-0.25, -0.2) is 9.50 Å². The molecule has 1 fully saturated rings. The van der Waals surface area contributed by atoms with E-state index in [0.29, 0.717) is 36.7 Å². The number of methoxy groups -OCH3 is 1. The second-order valence-corrected chi connectivity index (χ2v) is 7.41. The molecule has 0 bridgehead atoms. The molecule has 7 nitrogen and oxygen atoms in total. The predicted octanol–water partition coefficient (Wildman–Crippen LogP) is 3.46. The monoisotopic (exact) mass is 434 g/mol. The number of aromatic nitrogens is 3. The van der Waals surface area contributed by atoms with Gasteiger partial charge >= 0.3 is 6.18 Å². The van der Waals surface area contributed by atoms with Gasteiger partial charge in [-0.2, -0.15) is 18.3 Å². The summed E-state index contributed by atoms with van der Waals surface area (Å²) in [5.41, 5.74) is 0.0511. The van der Waals surface area contributed by atoms with Crippen LogP contribution >= 0.6 is 0 Å². The van der Waals surface area contributed by atoms with Crippen molar-refractivity contribution in [3.8, 4) is 11.5 Å². The molecule has 1 aromatic carbocycles. The van der Waals surface area contributed by atoms with Gasteiger partial charge in [-0.1, -0.05) is 0 Å². The van der Waals surface area contributed by atoms with Gasteiger partial charge in [-0.05, 0) is 43.7 Å². The Morgan fingerprint density at radius 3 is 2.58 bits per heavy atom. The molecule has 0 saturated carbocycles. The van der Waals surface area contributed by atoms with Crippen LogP contribution in [0.15, 0.2) is 36.4 Å². The van der Waals surface area contributed by atoms with Gasteiger partial charge in [-0.3, -0.25) is 4.79 Å². The molecule has 0 spiro atoms. The van der Waals surface area contributed by atoms with E-state index in [4.69, 9.17) is 9.47 Å². The van der Waals surface area contributed by atoms with Crippen molar-refractivity contribution in [1.82, 2.24) is 19.5 Å². The zero-order valence-corrected chi connectivity index (χ0v) is 17.0. The number of amides is 1. The molecule has 0 aliphatic carbocycles. The highest BCUT2D eigenvalue weighted by atomic mass is 19.4. The minimum absolute atomic E-state index is 0.122. The van der Waals surface area contributed by atoms with Crippen LogP contribution in [0.4, 0.5) is 13.2 Å². The third-order valence-electron chi connectivity index (χ3n) is 5.25. The number of alkyl halides is 3. The molecule has 164 valence electrons. The Morgan fingerprint density at radius 1 is 1.19 bits per heavy atom. The molecule has 3 aromatic rings. The van der Waals surface area contributed by atoms with Crippen molar-refractivity contribution in [2.24, 2.45) is 0 Å². The number of carbonyl (C=O) groups is 1. The van der Waals surface area contributed by atoms with E-state index < -0.39 is 11.9 Å². The van der Waals surface area contributed by atoms with E-state index in [1.807, 2.05) is 0 Å². The molecule has 0 radical (unpaired) electrons. The fourth-order valence-electron chi connectivity index (χ4n) is 3.66. The second kappa shape index (κ2) is 8.09. The molecule has 1 aliphatic heterocycles. The molecule has 0 N–H and O–H groups in total. The number of fused-ring (bicyclic) bond motifs is 1. The minimum Gasteiger partial charge on any atom is -0.497 e. The normalized spacial score (nSPS) is 16.7. The number of benzene rings is 1. The van der Waals surface area contributed by atoms with Crippen molar-refractivity contribution in [3.05, 3.63) is 53.5 Å². The fourth-order valence-corrected chi connectivity index (χ4v) is 3.66. The Morgan fingerprint density at radius 2 is 1.90 bits per heavy atom. The lowest BCUT2D eigenvalue weighted by Crippen LogP contribution is -2.32. The van der Waals surface area contributed by atoms with Crippen LogP contribution < -0.4 is 9.47 Å². The standard InChI is InChI=1S/C21H21F3N4O3/c1-13-9-18(21(22,23)24)28-19(25-13)10-17(26-28)14-7-8-27(11-14)20(29)12-31-16-5-3-15(30-2)4-6-16/h3-6,9-10,14H,7-8,11-12H2,1-2H3. The molecule has 31 heavy (non-hydrogen) atoms. The number of rotatable bonds is 5. The minimum atomic E-state index is -4.54. The van der Waals surface area contributed by atoms with Gasteiger partial charge in [0, 0.05) is 30.8 Å². The molecular weight excluding hydrogens is 413 g/mol. The number of ether oxygens (including phenoxy) is 2. The lowest BCUT2D eigenvalue weighted by Gasteiger charge is -2.16. The van der Waals surface area contributed by atoms with Crippen molar-refractivity contribution >= 4 is 11.6 Å². The fraction of sp³-hybridized carbons (Fsp3) is 0.381. The molecule has 2 aromatic heterocycles. The zero-order valence-electron chi connectivity index (χ0n) is 17.0. The van der Waals surface area contributed by atoms with Crippen LogP contribution in [0.5, 0.6) is 11.5 Å². The quantitative estimate of drug-likeness (QED) is 0.615. The largest absolute Gasteiger partial charge is 0.497 e.